The van der Waals surface area contributed by atoms with Gasteiger partial charge in [0.1, 0.15) is 17.4 Å². The Hall–Kier alpha value is -3.43. The minimum Gasteiger partial charge on any atom is -0.507 e. The van der Waals surface area contributed by atoms with Gasteiger partial charge in [0.15, 0.2) is 5.13 Å². The Morgan fingerprint density at radius 3 is 2.57 bits per heavy atom. The molecule has 0 unspecified atom stereocenters. The number of benzene rings is 2. The molecule has 0 radical (unpaired) electrons. The first-order valence-corrected chi connectivity index (χ1v) is 10.3. The van der Waals surface area contributed by atoms with E-state index in [1.165, 1.54) is 17.4 Å². The van der Waals surface area contributed by atoms with E-state index in [9.17, 15) is 15.2 Å². The van der Waals surface area contributed by atoms with Gasteiger partial charge in [-0.05, 0) is 41.7 Å². The monoisotopic (exact) mass is 417 g/mol. The summed E-state index contributed by atoms with van der Waals surface area (Å²) in [5.74, 6) is -0.284. The lowest BCUT2D eigenvalue weighted by Crippen LogP contribution is -2.14. The predicted octanol–water partition coefficient (Wildman–Crippen LogP) is 5.67. The molecular formula is C24H23N3O2S. The molecule has 0 aliphatic carbocycles. The first-order chi connectivity index (χ1) is 14.2. The second-order valence-corrected chi connectivity index (χ2v) is 8.87. The number of phenolic OH excluding ortho intramolecular Hbond substituents is 1. The van der Waals surface area contributed by atoms with Gasteiger partial charge in [-0.15, -0.1) is 11.3 Å². The number of phenols is 1. The lowest BCUT2D eigenvalue weighted by atomic mass is 9.84. The Bertz CT molecular complexity index is 1150. The minimum absolute atomic E-state index is 0.0311. The van der Waals surface area contributed by atoms with Crippen molar-refractivity contribution in [1.29, 1.82) is 5.26 Å². The molecule has 30 heavy (non-hydrogen) atoms. The van der Waals surface area contributed by atoms with Crippen LogP contribution in [0.1, 0.15) is 37.5 Å². The molecule has 0 bridgehead atoms. The third-order valence-electron chi connectivity index (χ3n) is 4.60. The molecule has 0 saturated heterocycles. The molecule has 0 fully saturated rings. The highest BCUT2D eigenvalue weighted by Crippen LogP contribution is 2.34. The van der Waals surface area contributed by atoms with Gasteiger partial charge in [0.05, 0.1) is 5.69 Å². The van der Waals surface area contributed by atoms with E-state index in [4.69, 9.17) is 0 Å². The van der Waals surface area contributed by atoms with Crippen molar-refractivity contribution in [2.24, 2.45) is 0 Å². The number of anilines is 1. The third-order valence-corrected chi connectivity index (χ3v) is 5.36. The molecule has 0 atom stereocenters. The number of hydrogen-bond donors (Lipinski definition) is 2. The first kappa shape index (κ1) is 21.3. The summed E-state index contributed by atoms with van der Waals surface area (Å²) in [6.45, 7) is 7.80. The van der Waals surface area contributed by atoms with E-state index in [0.29, 0.717) is 16.3 Å². The van der Waals surface area contributed by atoms with Crippen molar-refractivity contribution < 1.29 is 9.90 Å². The highest BCUT2D eigenvalue weighted by molar-refractivity contribution is 7.14. The molecule has 1 aromatic heterocycles. The molecule has 5 nitrogen and oxygen atoms in total. The Morgan fingerprint density at radius 1 is 1.23 bits per heavy atom. The number of aromatic hydroxyl groups is 1. The molecule has 3 rings (SSSR count). The maximum Gasteiger partial charge on any atom is 0.268 e. The topological polar surface area (TPSA) is 86.0 Å². The second-order valence-electron chi connectivity index (χ2n) is 8.01. The van der Waals surface area contributed by atoms with E-state index in [1.54, 1.807) is 13.0 Å². The van der Waals surface area contributed by atoms with Gasteiger partial charge in [0, 0.05) is 16.5 Å². The molecule has 1 amide bonds. The Morgan fingerprint density at radius 2 is 1.93 bits per heavy atom. The molecule has 2 N–H and O–H groups in total. The standard InChI is InChI=1S/C24H23N3O2S/c1-15-10-16(12-19(21(15)28)24(2,3)4)11-18(13-25)22(29)27-23-26-20(14-30-23)17-8-6-5-7-9-17/h5-12,14,28H,1-4H3,(H,26,27,29)/b18-11+. The van der Waals surface area contributed by atoms with Gasteiger partial charge < -0.3 is 5.11 Å². The van der Waals surface area contributed by atoms with Gasteiger partial charge in [-0.2, -0.15) is 5.26 Å². The van der Waals surface area contributed by atoms with Crippen molar-refractivity contribution in [3.8, 4) is 23.1 Å². The molecular weight excluding hydrogens is 394 g/mol. The zero-order chi connectivity index (χ0) is 21.9. The van der Waals surface area contributed by atoms with Gasteiger partial charge >= 0.3 is 0 Å². The normalized spacial score (nSPS) is 11.8. The number of carbonyl (C=O) groups is 1. The van der Waals surface area contributed by atoms with Crippen molar-refractivity contribution in [2.75, 3.05) is 5.32 Å². The van der Waals surface area contributed by atoms with Crippen molar-refractivity contribution in [3.05, 3.63) is 70.1 Å². The maximum absolute atomic E-state index is 12.6. The fraction of sp³-hybridized carbons (Fsp3) is 0.208. The molecule has 0 saturated carbocycles. The molecule has 0 spiro atoms. The van der Waals surface area contributed by atoms with E-state index in [-0.39, 0.29) is 16.7 Å². The smallest absolute Gasteiger partial charge is 0.268 e. The molecule has 0 aliphatic heterocycles. The van der Waals surface area contributed by atoms with Gasteiger partial charge in [0.25, 0.3) is 5.91 Å². The predicted molar refractivity (Wildman–Crippen MR) is 121 cm³/mol. The first-order valence-electron chi connectivity index (χ1n) is 9.47. The number of nitrogens with one attached hydrogen (secondary N) is 1. The van der Waals surface area contributed by atoms with Crippen LogP contribution >= 0.6 is 11.3 Å². The SMILES string of the molecule is Cc1cc(/C=C(\C#N)C(=O)Nc2nc(-c3ccccc3)cs2)cc(C(C)(C)C)c1O. The van der Waals surface area contributed by atoms with E-state index in [2.05, 4.69) is 10.3 Å². The zero-order valence-electron chi connectivity index (χ0n) is 17.4. The quantitative estimate of drug-likeness (QED) is 0.423. The number of nitrogens with zero attached hydrogens (tertiary/aromatic N) is 2. The van der Waals surface area contributed by atoms with Gasteiger partial charge in [-0.1, -0.05) is 51.1 Å². The van der Waals surface area contributed by atoms with Gasteiger partial charge in [0.2, 0.25) is 0 Å². The number of aromatic nitrogens is 1. The van der Waals surface area contributed by atoms with Gasteiger partial charge in [-0.3, -0.25) is 10.1 Å². The molecule has 3 aromatic rings. The van der Waals surface area contributed by atoms with E-state index < -0.39 is 5.91 Å². The summed E-state index contributed by atoms with van der Waals surface area (Å²) in [5, 5.41) is 24.9. The van der Waals surface area contributed by atoms with Crippen molar-refractivity contribution in [2.45, 2.75) is 33.1 Å². The Kier molecular flexibility index (Phi) is 6.04. The summed E-state index contributed by atoms with van der Waals surface area (Å²) >= 11 is 1.30. The van der Waals surface area contributed by atoms with Crippen LogP contribution in [0.3, 0.4) is 0 Å². The lowest BCUT2D eigenvalue weighted by molar-refractivity contribution is -0.112. The van der Waals surface area contributed by atoms with E-state index >= 15 is 0 Å². The van der Waals surface area contributed by atoms with Crippen LogP contribution in [-0.4, -0.2) is 16.0 Å². The summed E-state index contributed by atoms with van der Waals surface area (Å²) < 4.78 is 0. The van der Waals surface area contributed by atoms with Crippen LogP contribution in [0.5, 0.6) is 5.75 Å². The molecule has 2 aromatic carbocycles. The fourth-order valence-corrected chi connectivity index (χ4v) is 3.73. The average Bonchev–Trinajstić information content (AvgIpc) is 3.16. The van der Waals surface area contributed by atoms with Crippen LogP contribution in [-0.2, 0) is 10.2 Å². The van der Waals surface area contributed by atoms with Gasteiger partial charge in [-0.25, -0.2) is 4.98 Å². The van der Waals surface area contributed by atoms with Crippen molar-refractivity contribution in [1.82, 2.24) is 4.98 Å². The maximum atomic E-state index is 12.6. The van der Waals surface area contributed by atoms with Crippen LogP contribution in [0.25, 0.3) is 17.3 Å². The molecule has 0 aliphatic rings. The largest absolute Gasteiger partial charge is 0.507 e. The highest BCUT2D eigenvalue weighted by Gasteiger charge is 2.20. The fourth-order valence-electron chi connectivity index (χ4n) is 3.01. The highest BCUT2D eigenvalue weighted by atomic mass is 32.1. The number of rotatable bonds is 4. The Balaban J connectivity index is 1.85. The van der Waals surface area contributed by atoms with Crippen LogP contribution in [0, 0.1) is 18.3 Å². The van der Waals surface area contributed by atoms with Crippen LogP contribution < -0.4 is 5.32 Å². The molecule has 1 heterocycles. The van der Waals surface area contributed by atoms with Crippen LogP contribution in [0.15, 0.2) is 53.4 Å². The number of hydrogen-bond acceptors (Lipinski definition) is 5. The average molecular weight is 418 g/mol. The number of amides is 1. The summed E-state index contributed by atoms with van der Waals surface area (Å²) in [4.78, 5) is 17.1. The number of thiazole rings is 1. The summed E-state index contributed by atoms with van der Waals surface area (Å²) in [6.07, 6.45) is 1.53. The van der Waals surface area contributed by atoms with E-state index in [1.807, 2.05) is 68.6 Å². The van der Waals surface area contributed by atoms with E-state index in [0.717, 1.165) is 16.8 Å². The summed E-state index contributed by atoms with van der Waals surface area (Å²) in [6, 6.07) is 15.2. The number of aryl methyl sites for hydroxylation is 1. The van der Waals surface area contributed by atoms with Crippen molar-refractivity contribution >= 4 is 28.5 Å². The lowest BCUT2D eigenvalue weighted by Gasteiger charge is -2.22. The van der Waals surface area contributed by atoms with Crippen LogP contribution in [0.2, 0.25) is 0 Å². The summed E-state index contributed by atoms with van der Waals surface area (Å²) in [5.41, 5.74) is 3.56. The Labute approximate surface area is 180 Å². The minimum atomic E-state index is -0.519. The second kappa shape index (κ2) is 8.52. The van der Waals surface area contributed by atoms with Crippen molar-refractivity contribution in [3.63, 3.8) is 0 Å². The third kappa shape index (κ3) is 4.76. The number of nitriles is 1. The zero-order valence-corrected chi connectivity index (χ0v) is 18.2. The molecule has 6 heteroatoms. The molecule has 152 valence electrons. The number of carbonyl (C=O) groups excluding carboxylic acids is 1. The summed E-state index contributed by atoms with van der Waals surface area (Å²) in [7, 11) is 0. The van der Waals surface area contributed by atoms with Crippen LogP contribution in [0.4, 0.5) is 5.13 Å².